The van der Waals surface area contributed by atoms with Crippen molar-refractivity contribution < 1.29 is 27.5 Å². The van der Waals surface area contributed by atoms with Crippen LogP contribution < -0.4 is 14.8 Å². The number of esters is 1. The number of hydrogen-bond acceptors (Lipinski definition) is 6. The predicted octanol–water partition coefficient (Wildman–Crippen LogP) is 2.18. The van der Waals surface area contributed by atoms with Crippen LogP contribution in [0.5, 0.6) is 5.75 Å². The average Bonchev–Trinajstić information content (AvgIpc) is 2.70. The number of carbonyl (C=O) groups is 2. The zero-order valence-electron chi connectivity index (χ0n) is 15.6. The van der Waals surface area contributed by atoms with Crippen LogP contribution in [-0.4, -0.2) is 40.6 Å². The van der Waals surface area contributed by atoms with Crippen LogP contribution in [0.4, 0.5) is 5.69 Å². The summed E-state index contributed by atoms with van der Waals surface area (Å²) in [5, 5.41) is 2.58. The maximum Gasteiger partial charge on any atom is 0.338 e. The van der Waals surface area contributed by atoms with E-state index >= 15 is 0 Å². The monoisotopic (exact) mass is 406 g/mol. The number of amides is 1. The second kappa shape index (κ2) is 9.86. The molecule has 0 aliphatic heterocycles. The fourth-order valence-electron chi connectivity index (χ4n) is 2.22. The normalized spacial score (nSPS) is 10.9. The second-order valence-corrected chi connectivity index (χ2v) is 7.55. The highest BCUT2D eigenvalue weighted by molar-refractivity contribution is 7.89. The summed E-state index contributed by atoms with van der Waals surface area (Å²) >= 11 is 0. The first-order valence-electron chi connectivity index (χ1n) is 8.56. The fraction of sp³-hybridized carbons (Fsp3) is 0.263. The minimum Gasteiger partial charge on any atom is -0.497 e. The van der Waals surface area contributed by atoms with Crippen LogP contribution in [-0.2, 0) is 19.6 Å². The fourth-order valence-corrected chi connectivity index (χ4v) is 3.40. The van der Waals surface area contributed by atoms with Gasteiger partial charge >= 0.3 is 5.97 Å². The summed E-state index contributed by atoms with van der Waals surface area (Å²) in [5.74, 6) is -0.757. The third-order valence-electron chi connectivity index (χ3n) is 3.61. The van der Waals surface area contributed by atoms with Gasteiger partial charge in [-0.15, -0.1) is 0 Å². The summed E-state index contributed by atoms with van der Waals surface area (Å²) in [6, 6.07) is 12.2. The highest BCUT2D eigenvalue weighted by Crippen LogP contribution is 2.17. The summed E-state index contributed by atoms with van der Waals surface area (Å²) in [4.78, 5) is 24.1. The molecule has 1 amide bonds. The van der Waals surface area contributed by atoms with Crippen molar-refractivity contribution in [1.82, 2.24) is 4.72 Å². The van der Waals surface area contributed by atoms with Gasteiger partial charge in [-0.1, -0.05) is 19.1 Å². The molecule has 0 saturated heterocycles. The van der Waals surface area contributed by atoms with Gasteiger partial charge in [0.05, 0.1) is 17.6 Å². The van der Waals surface area contributed by atoms with Crippen LogP contribution in [0.1, 0.15) is 23.7 Å². The zero-order valence-corrected chi connectivity index (χ0v) is 16.4. The van der Waals surface area contributed by atoms with Gasteiger partial charge in [-0.25, -0.2) is 17.9 Å². The van der Waals surface area contributed by atoms with E-state index in [1.165, 1.54) is 31.4 Å². The molecular weight excluding hydrogens is 384 g/mol. The highest BCUT2D eigenvalue weighted by Gasteiger charge is 2.17. The lowest BCUT2D eigenvalue weighted by Gasteiger charge is -2.09. The van der Waals surface area contributed by atoms with Gasteiger partial charge < -0.3 is 14.8 Å². The summed E-state index contributed by atoms with van der Waals surface area (Å²) in [6.07, 6.45) is 0.642. The van der Waals surface area contributed by atoms with Crippen molar-refractivity contribution in [3.05, 3.63) is 54.1 Å². The van der Waals surface area contributed by atoms with E-state index in [4.69, 9.17) is 9.47 Å². The Morgan fingerprint density at radius 1 is 1.07 bits per heavy atom. The lowest BCUT2D eigenvalue weighted by atomic mass is 10.2. The smallest absolute Gasteiger partial charge is 0.338 e. The maximum absolute atomic E-state index is 12.2. The first-order valence-corrected chi connectivity index (χ1v) is 10.0. The number of hydrogen-bond donors (Lipinski definition) is 2. The Morgan fingerprint density at radius 3 is 2.54 bits per heavy atom. The maximum atomic E-state index is 12.2. The molecule has 0 spiro atoms. The molecule has 2 rings (SSSR count). The standard InChI is InChI=1S/C19H22N2O6S/c1-3-10-20-28(24,25)17-9-4-6-14(11-17)19(23)27-13-18(22)21-15-7-5-8-16(12-15)26-2/h4-9,11-12,20H,3,10,13H2,1-2H3,(H,21,22). The van der Waals surface area contributed by atoms with Gasteiger partial charge in [0, 0.05) is 18.3 Å². The van der Waals surface area contributed by atoms with Crippen molar-refractivity contribution in [3.8, 4) is 5.75 Å². The lowest BCUT2D eigenvalue weighted by molar-refractivity contribution is -0.119. The molecule has 9 heteroatoms. The minimum absolute atomic E-state index is 0.0357. The number of sulfonamides is 1. The molecule has 0 saturated carbocycles. The number of ether oxygens (including phenoxy) is 2. The van der Waals surface area contributed by atoms with Gasteiger partial charge in [-0.2, -0.15) is 0 Å². The van der Waals surface area contributed by atoms with E-state index in [0.29, 0.717) is 24.4 Å². The molecule has 2 N–H and O–H groups in total. The number of rotatable bonds is 9. The van der Waals surface area contributed by atoms with Gasteiger partial charge in [-0.3, -0.25) is 4.79 Å². The number of benzene rings is 2. The predicted molar refractivity (Wildman–Crippen MR) is 104 cm³/mol. The zero-order chi connectivity index (χ0) is 20.6. The summed E-state index contributed by atoms with van der Waals surface area (Å²) < 4.78 is 36.8. The Bertz CT molecular complexity index is 943. The van der Waals surface area contributed by atoms with E-state index < -0.39 is 28.5 Å². The number of carbonyl (C=O) groups excluding carboxylic acids is 2. The molecular formula is C19H22N2O6S. The molecule has 0 bridgehead atoms. The van der Waals surface area contributed by atoms with Gasteiger partial charge in [0.2, 0.25) is 10.0 Å². The van der Waals surface area contributed by atoms with Crippen molar-refractivity contribution in [2.24, 2.45) is 0 Å². The SMILES string of the molecule is CCCNS(=O)(=O)c1cccc(C(=O)OCC(=O)Nc2cccc(OC)c2)c1. The molecule has 8 nitrogen and oxygen atoms in total. The molecule has 0 aliphatic rings. The molecule has 2 aromatic carbocycles. The summed E-state index contributed by atoms with van der Waals surface area (Å²) in [5.41, 5.74) is 0.532. The first kappa shape index (κ1) is 21.4. The Morgan fingerprint density at radius 2 is 1.82 bits per heavy atom. The molecule has 0 heterocycles. The van der Waals surface area contributed by atoms with Crippen LogP contribution in [0.25, 0.3) is 0 Å². The van der Waals surface area contributed by atoms with E-state index in [1.54, 1.807) is 24.3 Å². The van der Waals surface area contributed by atoms with Crippen molar-refractivity contribution >= 4 is 27.6 Å². The van der Waals surface area contributed by atoms with Crippen molar-refractivity contribution in [1.29, 1.82) is 0 Å². The number of nitrogens with one attached hydrogen (secondary N) is 2. The molecule has 0 radical (unpaired) electrons. The Balaban J connectivity index is 1.97. The first-order chi connectivity index (χ1) is 13.4. The van der Waals surface area contributed by atoms with E-state index in [9.17, 15) is 18.0 Å². The highest BCUT2D eigenvalue weighted by atomic mass is 32.2. The molecule has 0 fully saturated rings. The van der Waals surface area contributed by atoms with Gasteiger partial charge in [0.15, 0.2) is 6.61 Å². The van der Waals surface area contributed by atoms with Crippen LogP contribution in [0.15, 0.2) is 53.4 Å². The summed E-state index contributed by atoms with van der Waals surface area (Å²) in [6.45, 7) is 1.62. The molecule has 28 heavy (non-hydrogen) atoms. The molecule has 0 aliphatic carbocycles. The van der Waals surface area contributed by atoms with Crippen LogP contribution in [0, 0.1) is 0 Å². The molecule has 0 aromatic heterocycles. The molecule has 150 valence electrons. The van der Waals surface area contributed by atoms with Crippen molar-refractivity contribution in [2.75, 3.05) is 25.6 Å². The van der Waals surface area contributed by atoms with Gasteiger partial charge in [0.25, 0.3) is 5.91 Å². The van der Waals surface area contributed by atoms with Crippen LogP contribution in [0.3, 0.4) is 0 Å². The Hall–Kier alpha value is -2.91. The molecule has 0 unspecified atom stereocenters. The molecule has 0 atom stereocenters. The van der Waals surface area contributed by atoms with Crippen molar-refractivity contribution in [3.63, 3.8) is 0 Å². The number of anilines is 1. The quantitative estimate of drug-likeness (QED) is 0.618. The van der Waals surface area contributed by atoms with Gasteiger partial charge in [0.1, 0.15) is 5.75 Å². The lowest BCUT2D eigenvalue weighted by Crippen LogP contribution is -2.25. The van der Waals surface area contributed by atoms with E-state index in [-0.39, 0.29) is 10.5 Å². The summed E-state index contributed by atoms with van der Waals surface area (Å²) in [7, 11) is -2.20. The largest absolute Gasteiger partial charge is 0.497 e. The molecule has 2 aromatic rings. The minimum atomic E-state index is -3.71. The Kier molecular flexibility index (Phi) is 7.53. The average molecular weight is 406 g/mol. The topological polar surface area (TPSA) is 111 Å². The second-order valence-electron chi connectivity index (χ2n) is 5.78. The van der Waals surface area contributed by atoms with Crippen LogP contribution in [0.2, 0.25) is 0 Å². The van der Waals surface area contributed by atoms with Gasteiger partial charge in [-0.05, 0) is 36.8 Å². The van der Waals surface area contributed by atoms with Crippen LogP contribution >= 0.6 is 0 Å². The third kappa shape index (κ3) is 6.07. The Labute approximate surface area is 163 Å². The van der Waals surface area contributed by atoms with Crippen molar-refractivity contribution in [2.45, 2.75) is 18.2 Å². The van der Waals surface area contributed by atoms with E-state index in [2.05, 4.69) is 10.0 Å². The third-order valence-corrected chi connectivity index (χ3v) is 5.07. The van der Waals surface area contributed by atoms with E-state index in [0.717, 1.165) is 0 Å². The van der Waals surface area contributed by atoms with E-state index in [1.807, 2.05) is 6.92 Å². The number of methoxy groups -OCH3 is 1.